The molecule has 0 aromatic heterocycles. The maximum Gasteiger partial charge on any atom is 0.0802 e. The van der Waals surface area contributed by atoms with Gasteiger partial charge in [0.2, 0.25) is 0 Å². The first kappa shape index (κ1) is 9.85. The number of benzene rings is 1. The van der Waals surface area contributed by atoms with Gasteiger partial charge < -0.3 is 5.11 Å². The highest BCUT2D eigenvalue weighted by molar-refractivity contribution is 6.42. The molecule has 0 heterocycles. The smallest absolute Gasteiger partial charge is 0.0802 e. The first-order valence-electron chi connectivity index (χ1n) is 3.78. The molecule has 0 saturated heterocycles. The lowest BCUT2D eigenvalue weighted by atomic mass is 10.1. The van der Waals surface area contributed by atoms with Crippen LogP contribution in [-0.2, 0) is 0 Å². The molecule has 1 rings (SSSR count). The molecule has 0 fully saturated rings. The van der Waals surface area contributed by atoms with Crippen molar-refractivity contribution >= 4 is 23.2 Å². The van der Waals surface area contributed by atoms with Gasteiger partial charge in [-0.3, -0.25) is 0 Å². The van der Waals surface area contributed by atoms with Gasteiger partial charge in [0.1, 0.15) is 0 Å². The van der Waals surface area contributed by atoms with E-state index in [1.165, 1.54) is 0 Å². The molecule has 1 nitrogen and oxygen atoms in total. The molecule has 1 unspecified atom stereocenters. The van der Waals surface area contributed by atoms with E-state index in [1.807, 2.05) is 6.92 Å². The number of halogens is 2. The normalized spacial score (nSPS) is 13.0. The van der Waals surface area contributed by atoms with Crippen LogP contribution in [0.15, 0.2) is 18.2 Å². The van der Waals surface area contributed by atoms with Gasteiger partial charge in [0.25, 0.3) is 0 Å². The first-order chi connectivity index (χ1) is 5.66. The van der Waals surface area contributed by atoms with E-state index in [9.17, 15) is 5.11 Å². The zero-order valence-corrected chi connectivity index (χ0v) is 8.23. The Kier molecular flexibility index (Phi) is 3.39. The van der Waals surface area contributed by atoms with Crippen molar-refractivity contribution in [1.82, 2.24) is 0 Å². The topological polar surface area (TPSA) is 20.2 Å². The third kappa shape index (κ3) is 1.92. The molecule has 3 heteroatoms. The first-order valence-corrected chi connectivity index (χ1v) is 4.54. The minimum absolute atomic E-state index is 0.452. The molecule has 0 aliphatic rings. The molecular formula is C9H10Cl2O. The highest BCUT2D eigenvalue weighted by Gasteiger charge is 2.10. The fourth-order valence-electron chi connectivity index (χ4n) is 0.998. The largest absolute Gasteiger partial charge is 0.388 e. The maximum atomic E-state index is 9.49. The van der Waals surface area contributed by atoms with Gasteiger partial charge in [-0.1, -0.05) is 42.3 Å². The number of aliphatic hydroxyl groups is 1. The highest BCUT2D eigenvalue weighted by atomic mass is 35.5. The molecule has 66 valence electrons. The van der Waals surface area contributed by atoms with Crippen LogP contribution >= 0.6 is 23.2 Å². The Morgan fingerprint density at radius 1 is 1.42 bits per heavy atom. The zero-order valence-electron chi connectivity index (χ0n) is 6.72. The summed E-state index contributed by atoms with van der Waals surface area (Å²) < 4.78 is 0. The van der Waals surface area contributed by atoms with Crippen LogP contribution in [-0.4, -0.2) is 5.11 Å². The maximum absolute atomic E-state index is 9.49. The number of rotatable bonds is 2. The second-order valence-corrected chi connectivity index (χ2v) is 3.35. The van der Waals surface area contributed by atoms with E-state index in [0.717, 1.165) is 0 Å². The van der Waals surface area contributed by atoms with Crippen LogP contribution in [0.25, 0.3) is 0 Å². The molecule has 1 atom stereocenters. The van der Waals surface area contributed by atoms with Crippen LogP contribution in [0.4, 0.5) is 0 Å². The molecule has 1 N–H and O–H groups in total. The van der Waals surface area contributed by atoms with Crippen LogP contribution in [0.3, 0.4) is 0 Å². The molecule has 0 bridgehead atoms. The third-order valence-corrected chi connectivity index (χ3v) is 2.56. The van der Waals surface area contributed by atoms with E-state index in [-0.39, 0.29) is 0 Å². The summed E-state index contributed by atoms with van der Waals surface area (Å²) in [5.41, 5.74) is 0.701. The predicted molar refractivity (Wildman–Crippen MR) is 51.7 cm³/mol. The molecule has 12 heavy (non-hydrogen) atoms. The Morgan fingerprint density at radius 3 is 2.67 bits per heavy atom. The molecular weight excluding hydrogens is 195 g/mol. The minimum atomic E-state index is -0.517. The van der Waals surface area contributed by atoms with Crippen LogP contribution < -0.4 is 0 Å². The van der Waals surface area contributed by atoms with Crippen LogP contribution in [0, 0.1) is 0 Å². The lowest BCUT2D eigenvalue weighted by Crippen LogP contribution is -1.95. The monoisotopic (exact) mass is 204 g/mol. The van der Waals surface area contributed by atoms with Crippen molar-refractivity contribution in [2.75, 3.05) is 0 Å². The van der Waals surface area contributed by atoms with Crippen molar-refractivity contribution in [1.29, 1.82) is 0 Å². The van der Waals surface area contributed by atoms with Gasteiger partial charge in [0.05, 0.1) is 16.1 Å². The van der Waals surface area contributed by atoms with Crippen molar-refractivity contribution in [2.24, 2.45) is 0 Å². The molecule has 0 aliphatic carbocycles. The van der Waals surface area contributed by atoms with Gasteiger partial charge in [0.15, 0.2) is 0 Å². The van der Waals surface area contributed by atoms with Gasteiger partial charge in [-0.15, -0.1) is 0 Å². The van der Waals surface area contributed by atoms with E-state index < -0.39 is 6.10 Å². The van der Waals surface area contributed by atoms with Crippen LogP contribution in [0.2, 0.25) is 10.0 Å². The van der Waals surface area contributed by atoms with Crippen molar-refractivity contribution < 1.29 is 5.11 Å². The summed E-state index contributed by atoms with van der Waals surface area (Å²) in [4.78, 5) is 0. The summed E-state index contributed by atoms with van der Waals surface area (Å²) >= 11 is 11.6. The molecule has 1 aromatic rings. The second-order valence-electron chi connectivity index (χ2n) is 2.57. The molecule has 0 amide bonds. The number of hydrogen-bond acceptors (Lipinski definition) is 1. The molecule has 0 saturated carbocycles. The molecule has 0 aliphatic heterocycles. The van der Waals surface area contributed by atoms with E-state index in [4.69, 9.17) is 23.2 Å². The third-order valence-electron chi connectivity index (χ3n) is 1.73. The van der Waals surface area contributed by atoms with Crippen molar-refractivity contribution in [3.63, 3.8) is 0 Å². The fourth-order valence-corrected chi connectivity index (χ4v) is 1.43. The quantitative estimate of drug-likeness (QED) is 0.783. The van der Waals surface area contributed by atoms with Crippen molar-refractivity contribution in [3.05, 3.63) is 33.8 Å². The summed E-state index contributed by atoms with van der Waals surface area (Å²) in [6, 6.07) is 5.26. The Balaban J connectivity index is 3.07. The summed E-state index contributed by atoms with van der Waals surface area (Å²) in [5, 5.41) is 10.4. The lowest BCUT2D eigenvalue weighted by Gasteiger charge is -2.10. The predicted octanol–water partition coefficient (Wildman–Crippen LogP) is 3.44. The van der Waals surface area contributed by atoms with Gasteiger partial charge in [0, 0.05) is 5.56 Å². The number of hydrogen-bond donors (Lipinski definition) is 1. The van der Waals surface area contributed by atoms with Gasteiger partial charge >= 0.3 is 0 Å². The Labute approximate surface area is 81.9 Å². The van der Waals surface area contributed by atoms with Gasteiger partial charge in [-0.05, 0) is 12.5 Å². The zero-order chi connectivity index (χ0) is 9.14. The standard InChI is InChI=1S/C9H10Cl2O/c1-2-8(12)6-4-3-5-7(10)9(6)11/h3-5,8,12H,2H2,1H3. The van der Waals surface area contributed by atoms with Gasteiger partial charge in [-0.2, -0.15) is 0 Å². The second kappa shape index (κ2) is 4.13. The van der Waals surface area contributed by atoms with Crippen LogP contribution in [0.5, 0.6) is 0 Å². The number of aliphatic hydroxyl groups excluding tert-OH is 1. The summed E-state index contributed by atoms with van der Waals surface area (Å²) in [6.07, 6.45) is 0.122. The molecule has 0 spiro atoms. The fraction of sp³-hybridized carbons (Fsp3) is 0.333. The van der Waals surface area contributed by atoms with E-state index in [0.29, 0.717) is 22.0 Å². The summed E-state index contributed by atoms with van der Waals surface area (Å²) in [7, 11) is 0. The van der Waals surface area contributed by atoms with Crippen molar-refractivity contribution in [2.45, 2.75) is 19.4 Å². The average molecular weight is 205 g/mol. The van der Waals surface area contributed by atoms with E-state index >= 15 is 0 Å². The average Bonchev–Trinajstić information content (AvgIpc) is 2.08. The lowest BCUT2D eigenvalue weighted by molar-refractivity contribution is 0.174. The van der Waals surface area contributed by atoms with Gasteiger partial charge in [-0.25, -0.2) is 0 Å². The Morgan fingerprint density at radius 2 is 2.08 bits per heavy atom. The Hall–Kier alpha value is -0.240. The SMILES string of the molecule is CCC(O)c1cccc(Cl)c1Cl. The molecule has 0 radical (unpaired) electrons. The molecule has 1 aromatic carbocycles. The van der Waals surface area contributed by atoms with Crippen LogP contribution in [0.1, 0.15) is 25.0 Å². The highest BCUT2D eigenvalue weighted by Crippen LogP contribution is 2.30. The van der Waals surface area contributed by atoms with Crippen molar-refractivity contribution in [3.8, 4) is 0 Å². The van der Waals surface area contributed by atoms with E-state index in [2.05, 4.69) is 0 Å². The minimum Gasteiger partial charge on any atom is -0.388 e. The summed E-state index contributed by atoms with van der Waals surface area (Å²) in [6.45, 7) is 1.89. The summed E-state index contributed by atoms with van der Waals surface area (Å²) in [5.74, 6) is 0. The Bertz CT molecular complexity index is 273. The van der Waals surface area contributed by atoms with E-state index in [1.54, 1.807) is 18.2 Å².